The number of rotatable bonds is 9. The summed E-state index contributed by atoms with van der Waals surface area (Å²) in [7, 11) is 0. The molecule has 0 aromatic heterocycles. The minimum atomic E-state index is -0.768. The van der Waals surface area contributed by atoms with Gasteiger partial charge in [-0.2, -0.15) is 5.26 Å². The van der Waals surface area contributed by atoms with Crippen molar-refractivity contribution >= 4 is 73.7 Å². The minimum absolute atomic E-state index is 0.263. The van der Waals surface area contributed by atoms with Gasteiger partial charge >= 0.3 is 5.97 Å². The fourth-order valence-corrected chi connectivity index (χ4v) is 4.43. The number of aliphatic hydroxyl groups excluding tert-OH is 2. The van der Waals surface area contributed by atoms with E-state index >= 15 is 0 Å². The van der Waals surface area contributed by atoms with Gasteiger partial charge in [0.15, 0.2) is 0 Å². The summed E-state index contributed by atoms with van der Waals surface area (Å²) in [5, 5.41) is 35.5. The zero-order valence-corrected chi connectivity index (χ0v) is 21.1. The van der Waals surface area contributed by atoms with Gasteiger partial charge in [0, 0.05) is 23.6 Å². The third-order valence-corrected chi connectivity index (χ3v) is 9.00. The normalized spacial score (nSPS) is 11.3. The number of nitrogens with zero attached hydrogens (tertiary/aromatic N) is 1. The van der Waals surface area contributed by atoms with Crippen LogP contribution in [-0.4, -0.2) is 34.0 Å². The predicted molar refractivity (Wildman–Crippen MR) is 127 cm³/mol. The molecule has 0 amide bonds. The predicted octanol–water partition coefficient (Wildman–Crippen LogP) is 4.70. The smallest absolute Gasteiger partial charge is 0.303 e. The Morgan fingerprint density at radius 1 is 1.15 bits per heavy atom. The molecule has 1 aromatic rings. The summed E-state index contributed by atoms with van der Waals surface area (Å²) in [6.07, 6.45) is 5.49. The summed E-state index contributed by atoms with van der Waals surface area (Å²) in [5.41, 5.74) is 1.52. The minimum Gasteiger partial charge on any atom is -0.481 e. The van der Waals surface area contributed by atoms with Crippen LogP contribution in [0.4, 0.5) is 0 Å². The van der Waals surface area contributed by atoms with Crippen molar-refractivity contribution in [1.29, 1.82) is 5.26 Å². The second kappa shape index (κ2) is 15.2. The van der Waals surface area contributed by atoms with Gasteiger partial charge in [0.1, 0.15) is 6.07 Å². The van der Waals surface area contributed by atoms with Crippen molar-refractivity contribution in [1.82, 2.24) is 0 Å². The maximum Gasteiger partial charge on any atom is 0.303 e. The van der Waals surface area contributed by atoms with Gasteiger partial charge in [0.05, 0.1) is 18.3 Å². The van der Waals surface area contributed by atoms with E-state index in [4.69, 9.17) is 15.5 Å². The van der Waals surface area contributed by atoms with Gasteiger partial charge in [-0.3, -0.25) is 4.79 Å². The van der Waals surface area contributed by atoms with Crippen LogP contribution in [0.3, 0.4) is 0 Å². The van der Waals surface area contributed by atoms with Gasteiger partial charge < -0.3 is 15.3 Å². The van der Waals surface area contributed by atoms with Crippen molar-refractivity contribution in [2.24, 2.45) is 0 Å². The molecule has 8 heteroatoms. The average Bonchev–Trinajstić information content (AvgIpc) is 2.62. The van der Waals surface area contributed by atoms with E-state index < -0.39 is 12.1 Å². The number of halogens is 3. The summed E-state index contributed by atoms with van der Waals surface area (Å²) in [6.45, 7) is 1.89. The zero-order valence-electron chi connectivity index (χ0n) is 14.6. The monoisotopic (exact) mass is 699 g/mol. The Morgan fingerprint density at radius 2 is 1.77 bits per heavy atom. The van der Waals surface area contributed by atoms with E-state index in [-0.39, 0.29) is 6.61 Å². The Hall–Kier alpha value is 0.290. The molecular formula is C18H24I3NO4. The van der Waals surface area contributed by atoms with Crippen molar-refractivity contribution in [3.63, 3.8) is 0 Å². The van der Waals surface area contributed by atoms with Crippen molar-refractivity contribution < 1.29 is 20.1 Å². The molecule has 0 heterocycles. The standard InChI is InChI=1S/C10H8I3NO2.C8H16O2/c11-8-5(2-7(16)4-15)1-6(3-14)9(12)10(8)13;1-2-3-4-5-6-7-8(9)10/h1,7,15-16H,2,4H2;2-7H2,1H3,(H,9,10). The van der Waals surface area contributed by atoms with Gasteiger partial charge in [-0.1, -0.05) is 32.6 Å². The quantitative estimate of drug-likeness (QED) is 0.197. The summed E-state index contributed by atoms with van der Waals surface area (Å²) in [5.74, 6) is -0.670. The second-order valence-corrected chi connectivity index (χ2v) is 8.97. The van der Waals surface area contributed by atoms with E-state index in [1.54, 1.807) is 6.07 Å². The number of aliphatic carboxylic acids is 1. The molecule has 0 saturated heterocycles. The van der Waals surface area contributed by atoms with Crippen molar-refractivity contribution in [2.45, 2.75) is 58.0 Å². The first-order chi connectivity index (χ1) is 12.3. The molecule has 1 atom stereocenters. The van der Waals surface area contributed by atoms with Crippen LogP contribution in [0.15, 0.2) is 6.07 Å². The largest absolute Gasteiger partial charge is 0.481 e. The molecular weight excluding hydrogens is 675 g/mol. The Morgan fingerprint density at radius 3 is 2.27 bits per heavy atom. The van der Waals surface area contributed by atoms with Gasteiger partial charge in [-0.05, 0) is 85.8 Å². The summed E-state index contributed by atoms with van der Waals surface area (Å²) in [4.78, 5) is 10.0. The lowest BCUT2D eigenvalue weighted by molar-refractivity contribution is -0.137. The number of carboxylic acids is 1. The first-order valence-electron chi connectivity index (χ1n) is 8.35. The van der Waals surface area contributed by atoms with E-state index in [9.17, 15) is 9.90 Å². The molecule has 5 nitrogen and oxygen atoms in total. The lowest BCUT2D eigenvalue weighted by Gasteiger charge is -2.12. The van der Waals surface area contributed by atoms with Crippen molar-refractivity contribution in [3.05, 3.63) is 27.9 Å². The SMILES string of the molecule is CCCCCCCC(=O)O.N#Cc1cc(CC(O)CO)c(I)c(I)c1I. The number of unbranched alkanes of at least 4 members (excludes halogenated alkanes) is 4. The maximum atomic E-state index is 10.0. The van der Waals surface area contributed by atoms with Crippen LogP contribution in [-0.2, 0) is 11.2 Å². The molecule has 0 aliphatic rings. The molecule has 0 saturated carbocycles. The Kier molecular flexibility index (Phi) is 15.4. The first kappa shape index (κ1) is 26.3. The van der Waals surface area contributed by atoms with Crippen LogP contribution in [0.5, 0.6) is 0 Å². The highest BCUT2D eigenvalue weighted by Gasteiger charge is 2.15. The lowest BCUT2D eigenvalue weighted by Crippen LogP contribution is -2.16. The molecule has 1 rings (SSSR count). The highest BCUT2D eigenvalue weighted by atomic mass is 127. The Labute approximate surface area is 196 Å². The van der Waals surface area contributed by atoms with E-state index in [1.165, 1.54) is 19.3 Å². The Bertz CT molecular complexity index is 617. The van der Waals surface area contributed by atoms with Crippen LogP contribution in [0.1, 0.15) is 56.6 Å². The fourth-order valence-electron chi connectivity index (χ4n) is 2.08. The summed E-state index contributed by atoms with van der Waals surface area (Å²) >= 11 is 6.53. The van der Waals surface area contributed by atoms with Gasteiger partial charge in [-0.25, -0.2) is 0 Å². The zero-order chi connectivity index (χ0) is 20.1. The van der Waals surface area contributed by atoms with Gasteiger partial charge in [-0.15, -0.1) is 0 Å². The number of nitriles is 1. The second-order valence-electron chi connectivity index (χ2n) is 5.74. The van der Waals surface area contributed by atoms with Crippen molar-refractivity contribution in [2.75, 3.05) is 6.61 Å². The fraction of sp³-hybridized carbons (Fsp3) is 0.556. The van der Waals surface area contributed by atoms with E-state index in [2.05, 4.69) is 80.8 Å². The van der Waals surface area contributed by atoms with Crippen LogP contribution in [0, 0.1) is 22.0 Å². The summed E-state index contributed by atoms with van der Waals surface area (Å²) in [6, 6.07) is 3.92. The molecule has 146 valence electrons. The number of aliphatic hydroxyl groups is 2. The highest BCUT2D eigenvalue weighted by Crippen LogP contribution is 2.28. The molecule has 0 radical (unpaired) electrons. The third kappa shape index (κ3) is 10.6. The lowest BCUT2D eigenvalue weighted by atomic mass is 10.1. The van der Waals surface area contributed by atoms with Crippen LogP contribution >= 0.6 is 67.8 Å². The van der Waals surface area contributed by atoms with Gasteiger partial charge in [0.25, 0.3) is 0 Å². The number of hydrogen-bond acceptors (Lipinski definition) is 4. The molecule has 1 unspecified atom stereocenters. The molecule has 0 aliphatic carbocycles. The van der Waals surface area contributed by atoms with E-state index in [0.717, 1.165) is 29.1 Å². The molecule has 0 fully saturated rings. The van der Waals surface area contributed by atoms with Crippen molar-refractivity contribution in [3.8, 4) is 6.07 Å². The van der Waals surface area contributed by atoms with E-state index in [0.29, 0.717) is 18.4 Å². The van der Waals surface area contributed by atoms with Crippen LogP contribution in [0.25, 0.3) is 0 Å². The average molecular weight is 699 g/mol. The first-order valence-corrected chi connectivity index (χ1v) is 11.6. The summed E-state index contributed by atoms with van der Waals surface area (Å²) < 4.78 is 3.00. The molecule has 0 spiro atoms. The molecule has 1 aromatic carbocycles. The third-order valence-electron chi connectivity index (χ3n) is 3.50. The molecule has 26 heavy (non-hydrogen) atoms. The maximum absolute atomic E-state index is 10.0. The van der Waals surface area contributed by atoms with Gasteiger partial charge in [0.2, 0.25) is 0 Å². The number of benzene rings is 1. The van der Waals surface area contributed by atoms with Crippen LogP contribution < -0.4 is 0 Å². The topological polar surface area (TPSA) is 102 Å². The highest BCUT2D eigenvalue weighted by molar-refractivity contribution is 14.1. The Balaban J connectivity index is 0.000000541. The number of carboxylic acid groups (broad SMARTS) is 1. The number of hydrogen-bond donors (Lipinski definition) is 3. The molecule has 0 bridgehead atoms. The number of carbonyl (C=O) groups is 1. The van der Waals surface area contributed by atoms with E-state index in [1.807, 2.05) is 0 Å². The molecule has 0 aliphatic heterocycles. The van der Waals surface area contributed by atoms with Crippen LogP contribution in [0.2, 0.25) is 0 Å². The molecule has 3 N–H and O–H groups in total.